The summed E-state index contributed by atoms with van der Waals surface area (Å²) >= 11 is 6.02. The number of carbonyl (C=O) groups is 3. The van der Waals surface area contributed by atoms with E-state index in [2.05, 4.69) is 10.9 Å². The lowest BCUT2D eigenvalue weighted by molar-refractivity contribution is -0.155. The largest absolute Gasteiger partial charge is 0.495 e. The Balaban J connectivity index is 2.56. The zero-order chi connectivity index (χ0) is 20.2. The van der Waals surface area contributed by atoms with Gasteiger partial charge in [-0.15, -0.1) is 0 Å². The molecule has 0 bridgehead atoms. The second kappa shape index (κ2) is 12.1. The first kappa shape index (κ1) is 22.7. The third kappa shape index (κ3) is 8.27. The van der Waals surface area contributed by atoms with Gasteiger partial charge in [0.15, 0.2) is 0 Å². The molecule has 0 spiro atoms. The first-order valence-electron chi connectivity index (χ1n) is 8.73. The zero-order valence-corrected chi connectivity index (χ0v) is 16.3. The zero-order valence-electron chi connectivity index (χ0n) is 15.5. The van der Waals surface area contributed by atoms with E-state index in [-0.39, 0.29) is 19.4 Å². The normalized spacial score (nSPS) is 11.4. The predicted molar refractivity (Wildman–Crippen MR) is 100 cm³/mol. The number of hydrogen-bond donors (Lipinski definition) is 3. The van der Waals surface area contributed by atoms with Crippen molar-refractivity contribution in [2.45, 2.75) is 39.0 Å². The van der Waals surface area contributed by atoms with E-state index < -0.39 is 17.7 Å². The third-order valence-electron chi connectivity index (χ3n) is 3.96. The van der Waals surface area contributed by atoms with Gasteiger partial charge in [-0.1, -0.05) is 43.9 Å². The number of hydroxylamine groups is 2. The minimum Gasteiger partial charge on any atom is -0.495 e. The molecule has 8 nitrogen and oxygen atoms in total. The molecule has 3 N–H and O–H groups in total. The van der Waals surface area contributed by atoms with Crippen LogP contribution in [0.1, 0.15) is 38.2 Å². The van der Waals surface area contributed by atoms with Crippen molar-refractivity contribution < 1.29 is 24.3 Å². The summed E-state index contributed by atoms with van der Waals surface area (Å²) in [5, 5.41) is 10.2. The van der Waals surface area contributed by atoms with Crippen molar-refractivity contribution >= 4 is 29.8 Å². The van der Waals surface area contributed by atoms with E-state index in [0.29, 0.717) is 27.8 Å². The summed E-state index contributed by atoms with van der Waals surface area (Å²) in [6.45, 7) is 1.90. The average Bonchev–Trinajstić information content (AvgIpc) is 2.65. The van der Waals surface area contributed by atoms with Crippen molar-refractivity contribution in [1.82, 2.24) is 15.9 Å². The summed E-state index contributed by atoms with van der Waals surface area (Å²) < 4.78 is 5.05. The molecule has 27 heavy (non-hydrogen) atoms. The number of ether oxygens (including phenoxy) is 1. The van der Waals surface area contributed by atoms with Crippen molar-refractivity contribution in [3.05, 3.63) is 28.8 Å². The maximum Gasteiger partial charge on any atom is 0.243 e. The number of hydrogen-bond acceptors (Lipinski definition) is 5. The van der Waals surface area contributed by atoms with Crippen LogP contribution in [0.5, 0.6) is 5.75 Å². The second-order valence-electron chi connectivity index (χ2n) is 6.10. The molecule has 1 atom stereocenters. The van der Waals surface area contributed by atoms with E-state index in [1.54, 1.807) is 18.2 Å². The van der Waals surface area contributed by atoms with Gasteiger partial charge in [-0.25, -0.2) is 5.06 Å². The Hall–Kier alpha value is -2.32. The summed E-state index contributed by atoms with van der Waals surface area (Å²) in [6.07, 6.45) is 3.44. The first-order valence-corrected chi connectivity index (χ1v) is 9.11. The van der Waals surface area contributed by atoms with E-state index in [4.69, 9.17) is 16.3 Å². The molecule has 0 radical (unpaired) electrons. The minimum atomic E-state index is -0.623. The summed E-state index contributed by atoms with van der Waals surface area (Å²) in [4.78, 5) is 34.9. The molecule has 0 saturated heterocycles. The molecule has 0 aliphatic carbocycles. The Morgan fingerprint density at radius 2 is 2.07 bits per heavy atom. The fraction of sp³-hybridized carbons (Fsp3) is 0.500. The molecule has 0 aliphatic heterocycles. The van der Waals surface area contributed by atoms with Crippen molar-refractivity contribution in [1.29, 1.82) is 0 Å². The number of nitrogens with zero attached hydrogens (tertiary/aromatic N) is 1. The number of nitrogens with one attached hydrogen (secondary N) is 2. The van der Waals surface area contributed by atoms with Crippen LogP contribution in [0.3, 0.4) is 0 Å². The van der Waals surface area contributed by atoms with Crippen LogP contribution in [0.2, 0.25) is 5.02 Å². The lowest BCUT2D eigenvalue weighted by Crippen LogP contribution is -2.47. The number of benzene rings is 1. The summed E-state index contributed by atoms with van der Waals surface area (Å²) in [5.41, 5.74) is 5.35. The molecule has 1 aromatic rings. The smallest absolute Gasteiger partial charge is 0.243 e. The average molecular weight is 400 g/mol. The highest BCUT2D eigenvalue weighted by atomic mass is 35.5. The van der Waals surface area contributed by atoms with E-state index in [9.17, 15) is 19.6 Å². The molecule has 0 heterocycles. The van der Waals surface area contributed by atoms with Gasteiger partial charge >= 0.3 is 0 Å². The van der Waals surface area contributed by atoms with E-state index in [1.165, 1.54) is 7.11 Å². The summed E-state index contributed by atoms with van der Waals surface area (Å²) in [7, 11) is 1.50. The van der Waals surface area contributed by atoms with E-state index in [0.717, 1.165) is 19.3 Å². The van der Waals surface area contributed by atoms with Crippen molar-refractivity contribution in [2.24, 2.45) is 5.92 Å². The number of rotatable bonds is 11. The Kier molecular flexibility index (Phi) is 10.2. The number of halogens is 1. The van der Waals surface area contributed by atoms with Crippen LogP contribution in [0.25, 0.3) is 0 Å². The van der Waals surface area contributed by atoms with Crippen LogP contribution >= 0.6 is 11.6 Å². The number of carbonyl (C=O) groups excluding carboxylic acids is 3. The minimum absolute atomic E-state index is 0.0188. The van der Waals surface area contributed by atoms with Gasteiger partial charge in [0.25, 0.3) is 0 Å². The van der Waals surface area contributed by atoms with Crippen LogP contribution < -0.4 is 15.6 Å². The molecular weight excluding hydrogens is 374 g/mol. The van der Waals surface area contributed by atoms with Gasteiger partial charge in [-0.05, 0) is 24.1 Å². The molecule has 0 aliphatic rings. The van der Waals surface area contributed by atoms with Crippen LogP contribution in [-0.2, 0) is 20.8 Å². The van der Waals surface area contributed by atoms with Crippen LogP contribution in [0.4, 0.5) is 0 Å². The molecule has 3 amide bonds. The van der Waals surface area contributed by atoms with E-state index >= 15 is 0 Å². The van der Waals surface area contributed by atoms with Crippen molar-refractivity contribution in [3.63, 3.8) is 0 Å². The second-order valence-corrected chi connectivity index (χ2v) is 6.51. The van der Waals surface area contributed by atoms with Crippen LogP contribution in [0, 0.1) is 5.92 Å². The maximum atomic E-state index is 12.3. The Bertz CT molecular complexity index is 641. The van der Waals surface area contributed by atoms with Gasteiger partial charge in [0, 0.05) is 0 Å². The quantitative estimate of drug-likeness (QED) is 0.228. The highest BCUT2D eigenvalue weighted by Gasteiger charge is 2.21. The van der Waals surface area contributed by atoms with Crippen LogP contribution in [-0.4, -0.2) is 42.1 Å². The van der Waals surface area contributed by atoms with Gasteiger partial charge in [-0.2, -0.15) is 0 Å². The highest BCUT2D eigenvalue weighted by Crippen LogP contribution is 2.25. The van der Waals surface area contributed by atoms with Gasteiger partial charge in [0.2, 0.25) is 18.2 Å². The standard InChI is InChI=1S/C18H26ClN3O5/c1-3-4-5-6-14(11-22(26)12-23)18(25)21-20-17(24)10-13-7-8-16(27-2)15(19)9-13/h7-9,12,14,26H,3-6,10-11H2,1-2H3,(H,20,24)(H,21,25)/t14-/m1/s1. The number of unbranched alkanes of at least 4 members (excludes halogenated alkanes) is 2. The number of amides is 3. The molecular formula is C18H26ClN3O5. The SMILES string of the molecule is CCCCC[C@H](CN(O)C=O)C(=O)NNC(=O)Cc1ccc(OC)c(Cl)c1. The summed E-state index contributed by atoms with van der Waals surface area (Å²) in [5.74, 6) is -1.00. The lowest BCUT2D eigenvalue weighted by atomic mass is 10.0. The van der Waals surface area contributed by atoms with Gasteiger partial charge in [0.05, 0.1) is 31.0 Å². The van der Waals surface area contributed by atoms with Crippen molar-refractivity contribution in [2.75, 3.05) is 13.7 Å². The van der Waals surface area contributed by atoms with Crippen molar-refractivity contribution in [3.8, 4) is 5.75 Å². The predicted octanol–water partition coefficient (Wildman–Crippen LogP) is 2.08. The topological polar surface area (TPSA) is 108 Å². The molecule has 1 rings (SSSR count). The lowest BCUT2D eigenvalue weighted by Gasteiger charge is -2.19. The molecule has 0 aromatic heterocycles. The molecule has 9 heteroatoms. The summed E-state index contributed by atoms with van der Waals surface area (Å²) in [6, 6.07) is 4.97. The Morgan fingerprint density at radius 1 is 1.33 bits per heavy atom. The highest BCUT2D eigenvalue weighted by molar-refractivity contribution is 6.32. The first-order chi connectivity index (χ1) is 12.9. The number of methoxy groups -OCH3 is 1. The Morgan fingerprint density at radius 3 is 2.67 bits per heavy atom. The van der Waals surface area contributed by atoms with Gasteiger partial charge < -0.3 is 4.74 Å². The van der Waals surface area contributed by atoms with Gasteiger partial charge in [0.1, 0.15) is 5.75 Å². The monoisotopic (exact) mass is 399 g/mol. The van der Waals surface area contributed by atoms with Crippen LogP contribution in [0.15, 0.2) is 18.2 Å². The molecule has 0 saturated carbocycles. The molecule has 150 valence electrons. The van der Waals surface area contributed by atoms with E-state index in [1.807, 2.05) is 6.92 Å². The maximum absolute atomic E-state index is 12.3. The third-order valence-corrected chi connectivity index (χ3v) is 4.26. The molecule has 0 unspecified atom stereocenters. The van der Waals surface area contributed by atoms with Gasteiger partial charge in [-0.3, -0.25) is 30.4 Å². The fourth-order valence-electron chi connectivity index (χ4n) is 2.50. The Labute approximate surface area is 163 Å². The molecule has 1 aromatic carbocycles. The fourth-order valence-corrected chi connectivity index (χ4v) is 2.78. The molecule has 0 fully saturated rings. The number of hydrazine groups is 1.